The Morgan fingerprint density at radius 1 is 0.806 bits per heavy atom. The van der Waals surface area contributed by atoms with Crippen molar-refractivity contribution >= 4 is 79.7 Å². The van der Waals surface area contributed by atoms with E-state index in [4.69, 9.17) is 17.2 Å². The third-order valence-electron chi connectivity index (χ3n) is 11.9. The maximum absolute atomic E-state index is 14.7. The Morgan fingerprint density at radius 3 is 2.11 bits per heavy atom. The maximum Gasteiger partial charge on any atom is 0.244 e. The van der Waals surface area contributed by atoms with Crippen LogP contribution in [0.2, 0.25) is 0 Å². The van der Waals surface area contributed by atoms with Crippen molar-refractivity contribution in [1.82, 2.24) is 42.2 Å². The number of phenols is 1. The number of nitrogens with one attached hydrogen (secondary N) is 8. The van der Waals surface area contributed by atoms with E-state index in [1.54, 1.807) is 56.4 Å². The molecule has 1 aliphatic heterocycles. The van der Waals surface area contributed by atoms with Gasteiger partial charge in [-0.1, -0.05) is 82.3 Å². The third-order valence-corrected chi connectivity index (χ3v) is 15.2. The fourth-order valence-corrected chi connectivity index (χ4v) is 10.7. The number of aromatic hydroxyl groups is 1. The number of para-hydroxylation sites is 1. The number of aromatic nitrogens is 1. The van der Waals surface area contributed by atoms with Gasteiger partial charge in [0.15, 0.2) is 0 Å². The van der Waals surface area contributed by atoms with Crippen LogP contribution >= 0.6 is 21.6 Å². The molecule has 1 fully saturated rings. The highest BCUT2D eigenvalue weighted by molar-refractivity contribution is 8.77. The highest BCUT2D eigenvalue weighted by Gasteiger charge is 2.41. The van der Waals surface area contributed by atoms with Crippen LogP contribution in [0.25, 0.3) is 10.9 Å². The molecule has 72 heavy (non-hydrogen) atoms. The van der Waals surface area contributed by atoms with Gasteiger partial charge in [0.1, 0.15) is 42.0 Å². The van der Waals surface area contributed by atoms with Crippen molar-refractivity contribution < 1.29 is 48.6 Å². The van der Waals surface area contributed by atoms with Crippen LogP contribution in [0.15, 0.2) is 85.1 Å². The molecule has 0 radical (unpaired) electrons. The first kappa shape index (κ1) is 56.3. The van der Waals surface area contributed by atoms with Gasteiger partial charge in [-0.05, 0) is 87.9 Å². The molecule has 8 amide bonds. The number of hydrogen-bond donors (Lipinski definition) is 13. The first-order chi connectivity index (χ1) is 34.3. The zero-order chi connectivity index (χ0) is 52.5. The minimum atomic E-state index is -1.56. The lowest BCUT2D eigenvalue weighted by Crippen LogP contribution is -2.62. The van der Waals surface area contributed by atoms with E-state index in [2.05, 4.69) is 42.2 Å². The molecule has 4 aromatic rings. The molecule has 0 aliphatic carbocycles. The Morgan fingerprint density at radius 2 is 1.44 bits per heavy atom. The highest BCUT2D eigenvalue weighted by atomic mass is 33.1. The number of carbonyl (C=O) groups is 8. The second kappa shape index (κ2) is 26.7. The van der Waals surface area contributed by atoms with Crippen LogP contribution < -0.4 is 54.4 Å². The van der Waals surface area contributed by atoms with Crippen LogP contribution in [-0.4, -0.2) is 134 Å². The number of fused-ring (bicyclic) bond motifs is 1. The summed E-state index contributed by atoms with van der Waals surface area (Å²) in [6, 6.07) is 12.6. The lowest BCUT2D eigenvalue weighted by atomic mass is 10.0. The molecule has 21 nitrogen and oxygen atoms in total. The van der Waals surface area contributed by atoms with Gasteiger partial charge in [0.2, 0.25) is 47.3 Å². The highest BCUT2D eigenvalue weighted by Crippen LogP contribution is 2.39. The van der Waals surface area contributed by atoms with Gasteiger partial charge in [0.05, 0.1) is 18.7 Å². The fraction of sp³-hybridized carbons (Fsp3) is 0.429. The number of hydrogen-bond acceptors (Lipinski definition) is 14. The van der Waals surface area contributed by atoms with E-state index in [9.17, 15) is 48.6 Å². The van der Waals surface area contributed by atoms with Crippen molar-refractivity contribution in [3.63, 3.8) is 0 Å². The first-order valence-corrected chi connectivity index (χ1v) is 25.8. The lowest BCUT2D eigenvalue weighted by molar-refractivity contribution is -0.135. The van der Waals surface area contributed by atoms with Gasteiger partial charge in [0, 0.05) is 40.4 Å². The van der Waals surface area contributed by atoms with E-state index >= 15 is 0 Å². The summed E-state index contributed by atoms with van der Waals surface area (Å²) in [5.41, 5.74) is 20.3. The van der Waals surface area contributed by atoms with Crippen molar-refractivity contribution in [2.24, 2.45) is 17.2 Å². The number of unbranched alkanes of at least 4 members (excludes halogenated alkanes) is 1. The van der Waals surface area contributed by atoms with Crippen molar-refractivity contribution in [1.29, 1.82) is 0 Å². The topological polar surface area (TPSA) is 355 Å². The van der Waals surface area contributed by atoms with E-state index < -0.39 is 107 Å². The molecule has 0 unspecified atom stereocenters. The van der Waals surface area contributed by atoms with Crippen LogP contribution in [0.4, 0.5) is 0 Å². The lowest BCUT2D eigenvalue weighted by Gasteiger charge is -2.34. The second-order valence-electron chi connectivity index (χ2n) is 18.1. The third kappa shape index (κ3) is 16.4. The molecule has 388 valence electrons. The molecule has 23 heteroatoms. The predicted molar refractivity (Wildman–Crippen MR) is 274 cm³/mol. The Hall–Kier alpha value is -6.66. The van der Waals surface area contributed by atoms with E-state index in [0.29, 0.717) is 24.0 Å². The molecule has 3 aromatic carbocycles. The van der Waals surface area contributed by atoms with E-state index in [1.165, 1.54) is 19.1 Å². The van der Waals surface area contributed by atoms with Crippen LogP contribution in [0, 0.1) is 0 Å². The zero-order valence-corrected chi connectivity index (χ0v) is 41.9. The molecule has 1 saturated heterocycles. The summed E-state index contributed by atoms with van der Waals surface area (Å²) in [6.45, 7) is 4.01. The Kier molecular flexibility index (Phi) is 20.9. The normalized spacial score (nSPS) is 21.9. The quantitative estimate of drug-likeness (QED) is 0.0494. The number of nitrogens with two attached hydrogens (primary N) is 3. The summed E-state index contributed by atoms with van der Waals surface area (Å²) in [6.07, 6.45) is 1.08. The number of aliphatic hydroxyl groups excluding tert-OH is 1. The molecule has 0 bridgehead atoms. The number of primary amides is 1. The molecule has 16 N–H and O–H groups in total. The summed E-state index contributed by atoms with van der Waals surface area (Å²) in [5.74, 6) is -6.95. The molecule has 8 atom stereocenters. The number of amides is 8. The Bertz CT molecular complexity index is 2530. The van der Waals surface area contributed by atoms with Crippen LogP contribution in [0.3, 0.4) is 0 Å². The van der Waals surface area contributed by atoms with Gasteiger partial charge in [-0.2, -0.15) is 0 Å². The number of carbonyl (C=O) groups excluding carboxylic acids is 8. The zero-order valence-electron chi connectivity index (χ0n) is 40.3. The van der Waals surface area contributed by atoms with E-state index in [-0.39, 0.29) is 43.7 Å². The smallest absolute Gasteiger partial charge is 0.244 e. The first-order valence-electron chi connectivity index (χ1n) is 23.5. The van der Waals surface area contributed by atoms with Crippen LogP contribution in [0.1, 0.15) is 56.7 Å². The van der Waals surface area contributed by atoms with E-state index in [0.717, 1.165) is 38.1 Å². The molecular formula is C49H65N11O10S2. The largest absolute Gasteiger partial charge is 0.508 e. The Labute approximate surface area is 424 Å². The average molecular weight is 1030 g/mol. The van der Waals surface area contributed by atoms with Gasteiger partial charge < -0.3 is 69.6 Å². The fourth-order valence-electron chi connectivity index (χ4n) is 7.83. The molecular weight excluding hydrogens is 967 g/mol. The number of H-pyrrole nitrogens is 1. The van der Waals surface area contributed by atoms with Gasteiger partial charge in [-0.3, -0.25) is 38.4 Å². The van der Waals surface area contributed by atoms with Crippen molar-refractivity contribution in [3.8, 4) is 5.75 Å². The summed E-state index contributed by atoms with van der Waals surface area (Å²) in [4.78, 5) is 115. The molecule has 1 aliphatic rings. The summed E-state index contributed by atoms with van der Waals surface area (Å²) in [5, 5.41) is 39.7. The molecule has 1 aromatic heterocycles. The van der Waals surface area contributed by atoms with Crippen LogP contribution in [-0.2, 0) is 57.6 Å². The van der Waals surface area contributed by atoms with Gasteiger partial charge in [0.25, 0.3) is 0 Å². The van der Waals surface area contributed by atoms with E-state index in [1.807, 2.05) is 30.3 Å². The molecule has 0 spiro atoms. The summed E-state index contributed by atoms with van der Waals surface area (Å²) >= 11 is 0. The van der Waals surface area contributed by atoms with Crippen molar-refractivity contribution in [3.05, 3.63) is 102 Å². The average Bonchev–Trinajstić information content (AvgIpc) is 3.75. The predicted octanol–water partition coefficient (Wildman–Crippen LogP) is -0.578. The maximum atomic E-state index is 14.7. The summed E-state index contributed by atoms with van der Waals surface area (Å²) in [7, 11) is 2.04. The number of benzene rings is 3. The van der Waals surface area contributed by atoms with Crippen molar-refractivity contribution in [2.45, 2.75) is 112 Å². The standard InChI is InChI=1S/C49H65N11O10S2/c1-27(61)40(42(52)64)60-48(70)41-49(2,3)72-71-26-38(58-43(65)33(51)21-28-11-5-4-6-12-28)47(69)56-36(22-29-16-18-31(62)19-17-29)45(67)57-37(23-30-24-53-34-14-8-7-13-32(30)34)46(68)55-35(15-9-10-20-50)44(66)54-25-39(63)59-41/h4-8,11-14,16-19,24,27,33,35-38,40-41,53,61-62H,9-10,15,20-23,25-26,50-51H2,1-3H3,(H2,52,64)(H,54,66)(H,55,68)(H,56,69)(H,57,67)(H,58,65)(H,59,63)(H,60,70)/t27-,33-,35+,36+,37-,38+,40+,41+/m1/s1. The van der Waals surface area contributed by atoms with Crippen LogP contribution in [0.5, 0.6) is 5.75 Å². The van der Waals surface area contributed by atoms with Gasteiger partial charge in [-0.25, -0.2) is 0 Å². The minimum Gasteiger partial charge on any atom is -0.508 e. The number of phenolic OH excluding ortho intramolecular Hbond substituents is 1. The SMILES string of the molecule is C[C@@H](O)[C@H](NC(=O)[C@@H]1NC(=O)CNC(=O)[C@H](CCCCN)NC(=O)[C@@H](Cc2c[nH]c3ccccc23)NC(=O)[C@H](Cc2ccc(O)cc2)NC(=O)[C@@H](NC(=O)[C@H](N)Cc2ccccc2)CSSC1(C)C)C(N)=O. The van der Waals surface area contributed by atoms with Gasteiger partial charge in [-0.15, -0.1) is 0 Å². The monoisotopic (exact) mass is 1030 g/mol. The summed E-state index contributed by atoms with van der Waals surface area (Å²) < 4.78 is -1.31. The molecule has 5 rings (SSSR count). The second-order valence-corrected chi connectivity index (χ2v) is 21.1. The Balaban J connectivity index is 1.57. The molecule has 2 heterocycles. The number of aliphatic hydroxyl groups is 1. The van der Waals surface area contributed by atoms with Gasteiger partial charge >= 0.3 is 0 Å². The molecule has 0 saturated carbocycles. The van der Waals surface area contributed by atoms with Crippen molar-refractivity contribution in [2.75, 3.05) is 18.8 Å². The number of rotatable bonds is 16. The minimum absolute atomic E-state index is 0.0500. The number of aromatic amines is 1.